The first-order valence-corrected chi connectivity index (χ1v) is 4.63. The summed E-state index contributed by atoms with van der Waals surface area (Å²) in [4.78, 5) is 21.5. The van der Waals surface area contributed by atoms with Crippen LogP contribution in [0.2, 0.25) is 0 Å². The lowest BCUT2D eigenvalue weighted by Gasteiger charge is -2.00. The van der Waals surface area contributed by atoms with E-state index in [0.717, 1.165) is 5.56 Å². The Labute approximate surface area is 90.1 Å². The molecule has 16 heavy (non-hydrogen) atoms. The summed E-state index contributed by atoms with van der Waals surface area (Å²) in [5.41, 5.74) is 1.88. The molecule has 1 heterocycles. The number of carboxylic acid groups (broad SMARTS) is 1. The lowest BCUT2D eigenvalue weighted by Crippen LogP contribution is -2.19. The number of nitrogens with one attached hydrogen (secondary N) is 1. The summed E-state index contributed by atoms with van der Waals surface area (Å²) in [6.45, 7) is 0.184. The van der Waals surface area contributed by atoms with Gasteiger partial charge in [-0.15, -0.1) is 0 Å². The van der Waals surface area contributed by atoms with Crippen LogP contribution in [0.15, 0.2) is 27.4 Å². The monoisotopic (exact) mass is 222 g/mol. The maximum atomic E-state index is 11.2. The van der Waals surface area contributed by atoms with Gasteiger partial charge in [0.15, 0.2) is 5.58 Å². The summed E-state index contributed by atoms with van der Waals surface area (Å²) in [7, 11) is 1.61. The Morgan fingerprint density at radius 3 is 3.00 bits per heavy atom. The van der Waals surface area contributed by atoms with E-state index in [2.05, 4.69) is 5.32 Å². The highest BCUT2D eigenvalue weighted by molar-refractivity contribution is 5.73. The predicted octanol–water partition coefficient (Wildman–Crippen LogP) is 0.899. The summed E-state index contributed by atoms with van der Waals surface area (Å²) in [5, 5.41) is 10.7. The zero-order valence-corrected chi connectivity index (χ0v) is 8.56. The van der Waals surface area contributed by atoms with Crippen molar-refractivity contribution in [1.82, 2.24) is 9.88 Å². The predicted molar refractivity (Wildman–Crippen MR) is 56.3 cm³/mol. The van der Waals surface area contributed by atoms with E-state index in [0.29, 0.717) is 11.1 Å². The van der Waals surface area contributed by atoms with Crippen molar-refractivity contribution < 1.29 is 14.3 Å². The molecule has 0 aliphatic rings. The molecule has 1 amide bonds. The van der Waals surface area contributed by atoms with Crippen molar-refractivity contribution in [1.29, 1.82) is 0 Å². The number of hydrogen-bond acceptors (Lipinski definition) is 3. The molecule has 0 aliphatic carbocycles. The van der Waals surface area contributed by atoms with Crippen LogP contribution in [0.3, 0.4) is 0 Å². The third-order valence-corrected chi connectivity index (χ3v) is 2.30. The molecule has 0 fully saturated rings. The highest BCUT2D eigenvalue weighted by Crippen LogP contribution is 2.13. The van der Waals surface area contributed by atoms with E-state index in [9.17, 15) is 9.59 Å². The Balaban J connectivity index is 2.37. The molecule has 84 valence electrons. The number of oxazole rings is 1. The first-order chi connectivity index (χ1) is 7.58. The van der Waals surface area contributed by atoms with Gasteiger partial charge < -0.3 is 14.8 Å². The summed E-state index contributed by atoms with van der Waals surface area (Å²) < 4.78 is 6.37. The number of aromatic nitrogens is 1. The highest BCUT2D eigenvalue weighted by atomic mass is 16.4. The van der Waals surface area contributed by atoms with E-state index in [1.54, 1.807) is 25.2 Å². The average molecular weight is 222 g/mol. The van der Waals surface area contributed by atoms with Crippen LogP contribution in [0.25, 0.3) is 11.1 Å². The number of fused-ring (bicyclic) bond motifs is 1. The van der Waals surface area contributed by atoms with Gasteiger partial charge in [-0.05, 0) is 17.7 Å². The van der Waals surface area contributed by atoms with Crippen molar-refractivity contribution >= 4 is 17.2 Å². The molecule has 0 saturated heterocycles. The van der Waals surface area contributed by atoms with Crippen LogP contribution in [0.1, 0.15) is 5.56 Å². The van der Waals surface area contributed by atoms with Crippen LogP contribution in [-0.2, 0) is 13.6 Å². The van der Waals surface area contributed by atoms with Crippen molar-refractivity contribution in [2.75, 3.05) is 0 Å². The zero-order valence-electron chi connectivity index (χ0n) is 8.56. The molecule has 0 aliphatic heterocycles. The molecule has 2 N–H and O–H groups in total. The second-order valence-corrected chi connectivity index (χ2v) is 3.39. The second kappa shape index (κ2) is 3.73. The van der Waals surface area contributed by atoms with E-state index < -0.39 is 11.8 Å². The van der Waals surface area contributed by atoms with Crippen LogP contribution in [-0.4, -0.2) is 15.8 Å². The van der Waals surface area contributed by atoms with Gasteiger partial charge in [-0.1, -0.05) is 6.07 Å². The van der Waals surface area contributed by atoms with Gasteiger partial charge in [-0.2, -0.15) is 0 Å². The minimum absolute atomic E-state index is 0.184. The lowest BCUT2D eigenvalue weighted by molar-refractivity contribution is 0.194. The number of carbonyl (C=O) groups is 1. The van der Waals surface area contributed by atoms with Crippen LogP contribution >= 0.6 is 0 Å². The third kappa shape index (κ3) is 1.77. The molecule has 0 unspecified atom stereocenters. The zero-order chi connectivity index (χ0) is 11.7. The van der Waals surface area contributed by atoms with Crippen molar-refractivity contribution in [2.45, 2.75) is 6.54 Å². The molecule has 0 bridgehead atoms. The topological polar surface area (TPSA) is 84.5 Å². The smallest absolute Gasteiger partial charge is 0.419 e. The largest absolute Gasteiger partial charge is 0.465 e. The number of hydrogen-bond donors (Lipinski definition) is 2. The number of benzene rings is 1. The molecule has 0 radical (unpaired) electrons. The molecule has 1 aromatic carbocycles. The Bertz CT molecular complexity index is 596. The molecule has 0 spiro atoms. The molecule has 6 nitrogen and oxygen atoms in total. The van der Waals surface area contributed by atoms with E-state index in [1.165, 1.54) is 4.57 Å². The fourth-order valence-corrected chi connectivity index (χ4v) is 1.47. The molecular formula is C10H10N2O4. The minimum atomic E-state index is -1.09. The molecule has 2 rings (SSSR count). The maximum absolute atomic E-state index is 11.2. The number of nitrogens with zero attached hydrogens (tertiary/aromatic N) is 1. The third-order valence-electron chi connectivity index (χ3n) is 2.30. The molecular weight excluding hydrogens is 212 g/mol. The standard InChI is InChI=1S/C10H10N2O4/c1-12-7-3-2-6(5-11-9(13)14)4-8(7)16-10(12)15/h2-4,11H,5H2,1H3,(H,13,14). The molecule has 6 heteroatoms. The molecule has 0 atom stereocenters. The Kier molecular flexibility index (Phi) is 2.40. The number of rotatable bonds is 2. The summed E-state index contributed by atoms with van der Waals surface area (Å²) in [6.07, 6.45) is -1.09. The van der Waals surface area contributed by atoms with Gasteiger partial charge in [-0.25, -0.2) is 9.59 Å². The Hall–Kier alpha value is -2.24. The maximum Gasteiger partial charge on any atom is 0.419 e. The summed E-state index contributed by atoms with van der Waals surface area (Å²) >= 11 is 0. The van der Waals surface area contributed by atoms with Crippen molar-refractivity contribution in [2.24, 2.45) is 7.05 Å². The van der Waals surface area contributed by atoms with Gasteiger partial charge >= 0.3 is 11.8 Å². The van der Waals surface area contributed by atoms with Gasteiger partial charge in [-0.3, -0.25) is 4.57 Å². The van der Waals surface area contributed by atoms with E-state index in [1.807, 2.05) is 0 Å². The molecule has 2 aromatic rings. The van der Waals surface area contributed by atoms with Crippen molar-refractivity contribution in [3.63, 3.8) is 0 Å². The number of aryl methyl sites for hydroxylation is 1. The van der Waals surface area contributed by atoms with Crippen LogP contribution < -0.4 is 11.1 Å². The Morgan fingerprint density at radius 1 is 1.56 bits per heavy atom. The van der Waals surface area contributed by atoms with Crippen LogP contribution in [0, 0.1) is 0 Å². The second-order valence-electron chi connectivity index (χ2n) is 3.39. The van der Waals surface area contributed by atoms with Gasteiger partial charge in [0.05, 0.1) is 5.52 Å². The van der Waals surface area contributed by atoms with Gasteiger partial charge in [0, 0.05) is 13.6 Å². The average Bonchev–Trinajstić information content (AvgIpc) is 2.52. The fraction of sp³-hybridized carbons (Fsp3) is 0.200. The van der Waals surface area contributed by atoms with Crippen molar-refractivity contribution in [3.05, 3.63) is 34.3 Å². The molecule has 0 saturated carbocycles. The Morgan fingerprint density at radius 2 is 2.31 bits per heavy atom. The van der Waals surface area contributed by atoms with Gasteiger partial charge in [0.1, 0.15) is 0 Å². The van der Waals surface area contributed by atoms with Crippen molar-refractivity contribution in [3.8, 4) is 0 Å². The molecule has 1 aromatic heterocycles. The highest BCUT2D eigenvalue weighted by Gasteiger charge is 2.06. The van der Waals surface area contributed by atoms with Crippen LogP contribution in [0.4, 0.5) is 4.79 Å². The fourth-order valence-electron chi connectivity index (χ4n) is 1.47. The normalized spacial score (nSPS) is 10.6. The minimum Gasteiger partial charge on any atom is -0.465 e. The van der Waals surface area contributed by atoms with Gasteiger partial charge in [0.2, 0.25) is 0 Å². The number of amides is 1. The van der Waals surface area contributed by atoms with Gasteiger partial charge in [0.25, 0.3) is 0 Å². The lowest BCUT2D eigenvalue weighted by atomic mass is 10.2. The summed E-state index contributed by atoms with van der Waals surface area (Å²) in [5.74, 6) is -0.432. The van der Waals surface area contributed by atoms with Crippen LogP contribution in [0.5, 0.6) is 0 Å². The van der Waals surface area contributed by atoms with E-state index >= 15 is 0 Å². The first kappa shape index (κ1) is 10.3. The quantitative estimate of drug-likeness (QED) is 0.790. The van der Waals surface area contributed by atoms with E-state index in [-0.39, 0.29) is 6.54 Å². The SMILES string of the molecule is Cn1c(=O)oc2cc(CNC(=O)O)ccc21. The summed E-state index contributed by atoms with van der Waals surface area (Å²) in [6, 6.07) is 5.11. The van der Waals surface area contributed by atoms with E-state index in [4.69, 9.17) is 9.52 Å². The first-order valence-electron chi connectivity index (χ1n) is 4.63.